The number of carbonyl (C=O) groups is 2. The largest absolute Gasteiger partial charge is 0.494 e. The van der Waals surface area contributed by atoms with Gasteiger partial charge in [0.15, 0.2) is 17.1 Å². The molecule has 4 aromatic carbocycles. The first-order chi connectivity index (χ1) is 20.9. The molecule has 0 fully saturated rings. The predicted octanol–water partition coefficient (Wildman–Crippen LogP) is 5.23. The number of halogens is 1. The number of benzene rings is 4. The summed E-state index contributed by atoms with van der Waals surface area (Å²) in [5.74, 6) is 0.555. The van der Waals surface area contributed by atoms with Crippen LogP contribution in [0.25, 0.3) is 11.0 Å². The average molecular weight is 578 g/mol. The lowest BCUT2D eigenvalue weighted by atomic mass is 9.77. The van der Waals surface area contributed by atoms with Crippen LogP contribution in [0.3, 0.4) is 0 Å². The molecule has 2 unspecified atom stereocenters. The number of amides is 2. The Balaban J connectivity index is 0.000000129. The van der Waals surface area contributed by atoms with Crippen molar-refractivity contribution in [2.75, 3.05) is 31.0 Å². The van der Waals surface area contributed by atoms with Crippen molar-refractivity contribution in [2.45, 2.75) is 17.8 Å². The summed E-state index contributed by atoms with van der Waals surface area (Å²) in [7, 11) is 1.40. The summed E-state index contributed by atoms with van der Waals surface area (Å²) in [4.78, 5) is 25.3. The van der Waals surface area contributed by atoms with E-state index in [4.69, 9.17) is 18.7 Å². The lowest BCUT2D eigenvalue weighted by Crippen LogP contribution is -2.37. The number of aromatic nitrogens is 1. The standard InChI is InChI=1S/C17H12N2O3.C16H12FNO3/c1-9-10-6-12-15(7-14(10)22-19-9)21-8-17(12)11-4-2-3-5-13(11)18-16(17)20;1-20-14-7-13-10(6-11(14)17)16(8-21-13)9-4-2-3-5-12(9)18-15(16)19/h2-7H,8H2,1H3,(H,18,20);2-7H,8H2,1H3,(H,18,19). The summed E-state index contributed by atoms with van der Waals surface area (Å²) in [6.07, 6.45) is 0. The SMILES string of the molecule is COc1cc2c(cc1F)C1(CO2)C(=O)Nc2ccccc21.Cc1noc2cc3c(cc12)C1(CO3)C(=O)Nc2ccccc21. The van der Waals surface area contributed by atoms with Gasteiger partial charge in [-0.3, -0.25) is 9.59 Å². The average Bonchev–Trinajstić information content (AvgIpc) is 3.81. The summed E-state index contributed by atoms with van der Waals surface area (Å²) in [5, 5.41) is 10.7. The number of nitrogens with zero attached hydrogens (tertiary/aromatic N) is 1. The first kappa shape index (κ1) is 25.3. The van der Waals surface area contributed by atoms with E-state index in [1.54, 1.807) is 0 Å². The fraction of sp³-hybridized carbons (Fsp3) is 0.182. The molecule has 0 saturated heterocycles. The number of rotatable bonds is 1. The highest BCUT2D eigenvalue weighted by atomic mass is 19.1. The number of carbonyl (C=O) groups excluding carboxylic acids is 2. The van der Waals surface area contributed by atoms with Gasteiger partial charge in [-0.25, -0.2) is 4.39 Å². The van der Waals surface area contributed by atoms with Gasteiger partial charge in [0.1, 0.15) is 35.5 Å². The Hall–Kier alpha value is -5.38. The zero-order valence-electron chi connectivity index (χ0n) is 23.1. The van der Waals surface area contributed by atoms with Crippen molar-refractivity contribution < 1.29 is 32.7 Å². The van der Waals surface area contributed by atoms with Crippen molar-refractivity contribution in [2.24, 2.45) is 0 Å². The molecule has 9 nitrogen and oxygen atoms in total. The number of methoxy groups -OCH3 is 1. The Morgan fingerprint density at radius 3 is 1.95 bits per heavy atom. The summed E-state index contributed by atoms with van der Waals surface area (Å²) in [5.41, 5.74) is 4.55. The van der Waals surface area contributed by atoms with Gasteiger partial charge in [-0.2, -0.15) is 0 Å². The summed E-state index contributed by atoms with van der Waals surface area (Å²) < 4.78 is 35.8. The van der Waals surface area contributed by atoms with E-state index in [2.05, 4.69) is 15.8 Å². The molecular weight excluding hydrogens is 553 g/mol. The number of nitrogens with one attached hydrogen (secondary N) is 2. The number of ether oxygens (including phenoxy) is 3. The summed E-state index contributed by atoms with van der Waals surface area (Å²) in [6, 6.07) is 21.8. The van der Waals surface area contributed by atoms with Gasteiger partial charge in [0, 0.05) is 40.0 Å². The Kier molecular flexibility index (Phi) is 5.19. The Morgan fingerprint density at radius 1 is 0.791 bits per heavy atom. The minimum Gasteiger partial charge on any atom is -0.494 e. The van der Waals surface area contributed by atoms with Gasteiger partial charge in [-0.05, 0) is 42.3 Å². The molecule has 2 atom stereocenters. The van der Waals surface area contributed by atoms with Crippen molar-refractivity contribution >= 4 is 34.2 Å². The van der Waals surface area contributed by atoms with Gasteiger partial charge >= 0.3 is 0 Å². The van der Waals surface area contributed by atoms with Gasteiger partial charge in [0.05, 0.1) is 12.8 Å². The second-order valence-corrected chi connectivity index (χ2v) is 11.0. The lowest BCUT2D eigenvalue weighted by molar-refractivity contribution is -0.120. The summed E-state index contributed by atoms with van der Waals surface area (Å²) in [6.45, 7) is 2.37. The van der Waals surface area contributed by atoms with Crippen LogP contribution in [0.5, 0.6) is 17.2 Å². The third-order valence-corrected chi connectivity index (χ3v) is 8.86. The molecule has 2 N–H and O–H groups in total. The first-order valence-corrected chi connectivity index (χ1v) is 13.7. The topological polar surface area (TPSA) is 112 Å². The van der Waals surface area contributed by atoms with Crippen LogP contribution in [0.4, 0.5) is 15.8 Å². The van der Waals surface area contributed by atoms with E-state index in [-0.39, 0.29) is 24.2 Å². The Bertz CT molecular complexity index is 2020. The van der Waals surface area contributed by atoms with E-state index in [0.717, 1.165) is 39.1 Å². The van der Waals surface area contributed by atoms with Crippen LogP contribution < -0.4 is 24.8 Å². The molecule has 5 aromatic rings. The van der Waals surface area contributed by atoms with E-state index in [1.165, 1.54) is 19.2 Å². The van der Waals surface area contributed by atoms with Crippen LogP contribution in [0.15, 0.2) is 77.3 Å². The highest BCUT2D eigenvalue weighted by Gasteiger charge is 2.55. The molecule has 4 aliphatic heterocycles. The molecule has 0 radical (unpaired) electrons. The molecule has 214 valence electrons. The molecule has 2 amide bonds. The van der Waals surface area contributed by atoms with E-state index >= 15 is 0 Å². The number of fused-ring (bicyclic) bond motifs is 9. The number of hydrogen-bond acceptors (Lipinski definition) is 7. The summed E-state index contributed by atoms with van der Waals surface area (Å²) >= 11 is 0. The van der Waals surface area contributed by atoms with Gasteiger partial charge in [0.2, 0.25) is 11.8 Å². The van der Waals surface area contributed by atoms with Gasteiger partial charge in [-0.1, -0.05) is 41.6 Å². The minimum atomic E-state index is -0.973. The number of hydrogen-bond donors (Lipinski definition) is 2. The normalized spacial score (nSPS) is 21.7. The second kappa shape index (κ2) is 8.81. The molecule has 1 aromatic heterocycles. The van der Waals surface area contributed by atoms with Crippen LogP contribution >= 0.6 is 0 Å². The third kappa shape index (κ3) is 3.28. The van der Waals surface area contributed by atoms with Crippen LogP contribution in [-0.2, 0) is 20.4 Å². The minimum absolute atomic E-state index is 0.0408. The van der Waals surface area contributed by atoms with Crippen LogP contribution in [0.1, 0.15) is 27.9 Å². The third-order valence-electron chi connectivity index (χ3n) is 8.86. The van der Waals surface area contributed by atoms with Gasteiger partial charge in [0.25, 0.3) is 0 Å². The maximum Gasteiger partial charge on any atom is 0.243 e. The zero-order chi connectivity index (χ0) is 29.5. The first-order valence-electron chi connectivity index (χ1n) is 13.7. The predicted molar refractivity (Wildman–Crippen MR) is 154 cm³/mol. The fourth-order valence-electron chi connectivity index (χ4n) is 6.66. The number of para-hydroxylation sites is 2. The molecule has 4 aliphatic rings. The Morgan fingerprint density at radius 2 is 1.35 bits per heavy atom. The smallest absolute Gasteiger partial charge is 0.243 e. The Labute approximate surface area is 244 Å². The number of anilines is 2. The van der Waals surface area contributed by atoms with E-state index in [1.807, 2.05) is 67.6 Å². The van der Waals surface area contributed by atoms with Crippen molar-refractivity contribution in [3.8, 4) is 17.2 Å². The molecule has 2 spiro atoms. The maximum absolute atomic E-state index is 14.1. The molecule has 0 bridgehead atoms. The molecule has 0 saturated carbocycles. The van der Waals surface area contributed by atoms with Gasteiger partial charge < -0.3 is 29.4 Å². The van der Waals surface area contributed by atoms with Gasteiger partial charge in [-0.15, -0.1) is 0 Å². The van der Waals surface area contributed by atoms with Crippen LogP contribution in [0.2, 0.25) is 0 Å². The molecule has 0 aliphatic carbocycles. The van der Waals surface area contributed by atoms with Crippen molar-refractivity contribution in [1.29, 1.82) is 0 Å². The monoisotopic (exact) mass is 577 g/mol. The molecular formula is C33H24FN3O6. The molecule has 5 heterocycles. The molecule has 43 heavy (non-hydrogen) atoms. The quantitative estimate of drug-likeness (QED) is 0.281. The van der Waals surface area contributed by atoms with E-state index in [0.29, 0.717) is 29.3 Å². The van der Waals surface area contributed by atoms with Crippen molar-refractivity contribution in [3.63, 3.8) is 0 Å². The van der Waals surface area contributed by atoms with Crippen LogP contribution in [-0.4, -0.2) is 37.3 Å². The number of aryl methyl sites for hydroxylation is 1. The van der Waals surface area contributed by atoms with Crippen molar-refractivity contribution in [3.05, 3.63) is 107 Å². The lowest BCUT2D eigenvalue weighted by Gasteiger charge is -2.20. The molecule has 9 rings (SSSR count). The fourth-order valence-corrected chi connectivity index (χ4v) is 6.66. The van der Waals surface area contributed by atoms with E-state index < -0.39 is 16.6 Å². The van der Waals surface area contributed by atoms with Crippen molar-refractivity contribution in [1.82, 2.24) is 5.16 Å². The molecule has 10 heteroatoms. The zero-order valence-corrected chi connectivity index (χ0v) is 23.1. The maximum atomic E-state index is 14.1. The van der Waals surface area contributed by atoms with E-state index in [9.17, 15) is 14.0 Å². The highest BCUT2D eigenvalue weighted by molar-refractivity contribution is 6.11. The second-order valence-electron chi connectivity index (χ2n) is 11.0. The van der Waals surface area contributed by atoms with Crippen LogP contribution in [0, 0.1) is 12.7 Å². The highest BCUT2D eigenvalue weighted by Crippen LogP contribution is 2.52.